The quantitative estimate of drug-likeness (QED) is 0.0871. The number of thiophene rings is 1. The molecule has 0 unspecified atom stereocenters. The molecule has 0 saturated carbocycles. The molecule has 1 aromatic heterocycles. The smallest absolute Gasteiger partial charge is 0.353 e. The Morgan fingerprint density at radius 2 is 1.08 bits per heavy atom. The van der Waals surface area contributed by atoms with Gasteiger partial charge in [0, 0.05) is 4.88 Å². The van der Waals surface area contributed by atoms with Crippen LogP contribution in [-0.2, 0) is 12.8 Å². The molecule has 0 fully saturated rings. The van der Waals surface area contributed by atoms with E-state index >= 15 is 0 Å². The SMILES string of the molecule is CCCCCCCCCCc1ccc(-c2ccc(OC(=O)c3ccc(CCCCCCCC)s3)cc2)cc1. The summed E-state index contributed by atoms with van der Waals surface area (Å²) in [7, 11) is 0. The number of aryl methyl sites for hydroxylation is 2. The molecule has 0 radical (unpaired) electrons. The van der Waals surface area contributed by atoms with E-state index in [9.17, 15) is 4.79 Å². The molecular formula is C35H48O2S. The van der Waals surface area contributed by atoms with E-state index in [0.717, 1.165) is 18.4 Å². The topological polar surface area (TPSA) is 26.3 Å². The van der Waals surface area contributed by atoms with Crippen molar-refractivity contribution in [1.82, 2.24) is 0 Å². The average molecular weight is 533 g/mol. The Kier molecular flexibility index (Phi) is 14.3. The largest absolute Gasteiger partial charge is 0.422 e. The van der Waals surface area contributed by atoms with Crippen molar-refractivity contribution in [3.63, 3.8) is 0 Å². The number of rotatable bonds is 19. The molecule has 2 nitrogen and oxygen atoms in total. The van der Waals surface area contributed by atoms with Crippen LogP contribution in [0.4, 0.5) is 0 Å². The lowest BCUT2D eigenvalue weighted by atomic mass is 10.0. The molecule has 0 atom stereocenters. The molecule has 0 saturated heterocycles. The normalized spacial score (nSPS) is 11.1. The van der Waals surface area contributed by atoms with E-state index in [1.807, 2.05) is 30.3 Å². The average Bonchev–Trinajstić information content (AvgIpc) is 3.42. The Balaban J connectivity index is 1.38. The Morgan fingerprint density at radius 1 is 0.579 bits per heavy atom. The van der Waals surface area contributed by atoms with Crippen LogP contribution in [0.15, 0.2) is 60.7 Å². The monoisotopic (exact) mass is 532 g/mol. The molecule has 0 aliphatic rings. The Bertz CT molecular complexity index is 1030. The first kappa shape index (κ1) is 30.2. The highest BCUT2D eigenvalue weighted by atomic mass is 32.1. The summed E-state index contributed by atoms with van der Waals surface area (Å²) in [6.07, 6.45) is 20.8. The minimum absolute atomic E-state index is 0.262. The number of carbonyl (C=O) groups excluding carboxylic acids is 1. The van der Waals surface area contributed by atoms with E-state index in [-0.39, 0.29) is 5.97 Å². The molecule has 0 bridgehead atoms. The Morgan fingerprint density at radius 3 is 1.66 bits per heavy atom. The lowest BCUT2D eigenvalue weighted by Gasteiger charge is -2.07. The first-order valence-corrected chi connectivity index (χ1v) is 16.0. The summed E-state index contributed by atoms with van der Waals surface area (Å²) in [6.45, 7) is 4.52. The molecule has 3 heteroatoms. The summed E-state index contributed by atoms with van der Waals surface area (Å²) in [5.41, 5.74) is 3.75. The highest BCUT2D eigenvalue weighted by Crippen LogP contribution is 2.25. The maximum Gasteiger partial charge on any atom is 0.353 e. The van der Waals surface area contributed by atoms with Crippen molar-refractivity contribution in [2.24, 2.45) is 0 Å². The molecule has 0 N–H and O–H groups in total. The van der Waals surface area contributed by atoms with Gasteiger partial charge in [-0.25, -0.2) is 4.79 Å². The number of hydrogen-bond donors (Lipinski definition) is 0. The molecule has 38 heavy (non-hydrogen) atoms. The second kappa shape index (κ2) is 18.0. The van der Waals surface area contributed by atoms with Crippen molar-refractivity contribution in [2.75, 3.05) is 0 Å². The van der Waals surface area contributed by atoms with Crippen LogP contribution in [-0.4, -0.2) is 5.97 Å². The van der Waals surface area contributed by atoms with Crippen molar-refractivity contribution in [1.29, 1.82) is 0 Å². The standard InChI is InChI=1S/C35H48O2S/c1-3-5-7-9-11-12-13-15-17-29-19-21-30(22-20-29)31-23-25-32(26-24-31)37-35(36)34-28-27-33(38-34)18-16-14-10-8-6-4-2/h19-28H,3-18H2,1-2H3. The highest BCUT2D eigenvalue weighted by Gasteiger charge is 2.12. The second-order valence-corrected chi connectivity index (χ2v) is 11.8. The molecule has 206 valence electrons. The van der Waals surface area contributed by atoms with E-state index in [2.05, 4.69) is 44.2 Å². The number of esters is 1. The van der Waals surface area contributed by atoms with Gasteiger partial charge in [0.1, 0.15) is 10.6 Å². The molecule has 3 rings (SSSR count). The van der Waals surface area contributed by atoms with E-state index in [4.69, 9.17) is 4.74 Å². The summed E-state index contributed by atoms with van der Waals surface area (Å²) in [4.78, 5) is 14.6. The van der Waals surface area contributed by atoms with Gasteiger partial charge in [-0.05, 0) is 66.6 Å². The zero-order valence-electron chi connectivity index (χ0n) is 23.8. The summed E-state index contributed by atoms with van der Waals surface area (Å²) < 4.78 is 5.66. The van der Waals surface area contributed by atoms with Gasteiger partial charge in [0.25, 0.3) is 0 Å². The predicted octanol–water partition coefficient (Wildman–Crippen LogP) is 11.2. The highest BCUT2D eigenvalue weighted by molar-refractivity contribution is 7.13. The number of unbranched alkanes of at least 4 members (excludes halogenated alkanes) is 12. The number of carbonyl (C=O) groups is 1. The van der Waals surface area contributed by atoms with Gasteiger partial charge in [0.05, 0.1) is 0 Å². The molecule has 0 aliphatic heterocycles. The van der Waals surface area contributed by atoms with Gasteiger partial charge >= 0.3 is 5.97 Å². The zero-order valence-corrected chi connectivity index (χ0v) is 24.6. The van der Waals surface area contributed by atoms with E-state index in [1.165, 1.54) is 106 Å². The maximum atomic E-state index is 12.6. The molecular weight excluding hydrogens is 484 g/mol. The van der Waals surface area contributed by atoms with Gasteiger partial charge in [-0.1, -0.05) is 127 Å². The van der Waals surface area contributed by atoms with Crippen molar-refractivity contribution < 1.29 is 9.53 Å². The number of ether oxygens (including phenoxy) is 1. The third kappa shape index (κ3) is 11.2. The van der Waals surface area contributed by atoms with Crippen LogP contribution >= 0.6 is 11.3 Å². The van der Waals surface area contributed by atoms with Gasteiger partial charge in [0.15, 0.2) is 0 Å². The molecule has 0 amide bonds. The van der Waals surface area contributed by atoms with Crippen molar-refractivity contribution in [2.45, 2.75) is 117 Å². The zero-order chi connectivity index (χ0) is 26.8. The minimum Gasteiger partial charge on any atom is -0.422 e. The van der Waals surface area contributed by atoms with Crippen LogP contribution in [0.3, 0.4) is 0 Å². The Hall–Kier alpha value is -2.39. The molecule has 3 aromatic rings. The lowest BCUT2D eigenvalue weighted by Crippen LogP contribution is -2.06. The fourth-order valence-corrected chi connectivity index (χ4v) is 5.83. The first-order valence-electron chi connectivity index (χ1n) is 15.2. The second-order valence-electron chi connectivity index (χ2n) is 10.6. The molecule has 0 spiro atoms. The van der Waals surface area contributed by atoms with Crippen LogP contribution in [0, 0.1) is 0 Å². The molecule has 2 aromatic carbocycles. The maximum absolute atomic E-state index is 12.6. The number of benzene rings is 2. The van der Waals surface area contributed by atoms with Gasteiger partial charge in [-0.15, -0.1) is 11.3 Å². The van der Waals surface area contributed by atoms with Gasteiger partial charge < -0.3 is 4.74 Å². The fourth-order valence-electron chi connectivity index (χ4n) is 4.90. The lowest BCUT2D eigenvalue weighted by molar-refractivity contribution is 0.0740. The van der Waals surface area contributed by atoms with Crippen LogP contribution in [0.25, 0.3) is 11.1 Å². The van der Waals surface area contributed by atoms with E-state index < -0.39 is 0 Å². The van der Waals surface area contributed by atoms with Crippen LogP contribution in [0.2, 0.25) is 0 Å². The Labute approximate surface area is 235 Å². The van der Waals surface area contributed by atoms with E-state index in [1.54, 1.807) is 11.3 Å². The summed E-state index contributed by atoms with van der Waals surface area (Å²) in [5, 5.41) is 0. The third-order valence-electron chi connectivity index (χ3n) is 7.31. The van der Waals surface area contributed by atoms with Crippen LogP contribution < -0.4 is 4.74 Å². The predicted molar refractivity (Wildman–Crippen MR) is 165 cm³/mol. The van der Waals surface area contributed by atoms with Crippen molar-refractivity contribution in [3.05, 3.63) is 76.0 Å². The van der Waals surface area contributed by atoms with Gasteiger partial charge in [-0.3, -0.25) is 0 Å². The first-order chi connectivity index (χ1) is 18.7. The molecule has 0 aliphatic carbocycles. The summed E-state index contributed by atoms with van der Waals surface area (Å²) in [6, 6.07) is 20.8. The minimum atomic E-state index is -0.262. The number of hydrogen-bond acceptors (Lipinski definition) is 3. The summed E-state index contributed by atoms with van der Waals surface area (Å²) in [5.74, 6) is 0.332. The van der Waals surface area contributed by atoms with Crippen LogP contribution in [0.1, 0.15) is 124 Å². The van der Waals surface area contributed by atoms with Gasteiger partial charge in [-0.2, -0.15) is 0 Å². The van der Waals surface area contributed by atoms with Gasteiger partial charge in [0.2, 0.25) is 0 Å². The van der Waals surface area contributed by atoms with Crippen LogP contribution in [0.5, 0.6) is 5.75 Å². The van der Waals surface area contributed by atoms with E-state index in [0.29, 0.717) is 10.6 Å². The third-order valence-corrected chi connectivity index (χ3v) is 8.44. The fraction of sp³-hybridized carbons (Fsp3) is 0.514. The van der Waals surface area contributed by atoms with Crippen molar-refractivity contribution >= 4 is 17.3 Å². The summed E-state index contributed by atoms with van der Waals surface area (Å²) >= 11 is 1.57. The molecule has 1 heterocycles. The van der Waals surface area contributed by atoms with Crippen molar-refractivity contribution in [3.8, 4) is 16.9 Å².